The lowest BCUT2D eigenvalue weighted by Gasteiger charge is -2.26. The van der Waals surface area contributed by atoms with Crippen LogP contribution in [-0.2, 0) is 11.2 Å². The van der Waals surface area contributed by atoms with Gasteiger partial charge in [0.05, 0.1) is 12.7 Å². The minimum Gasteiger partial charge on any atom is -0.496 e. The van der Waals surface area contributed by atoms with Gasteiger partial charge in [-0.3, -0.25) is 4.79 Å². The molecule has 1 amide bonds. The summed E-state index contributed by atoms with van der Waals surface area (Å²) in [5.74, 6) is -1.18. The second-order valence-electron chi connectivity index (χ2n) is 5.45. The molecule has 5 nitrogen and oxygen atoms in total. The summed E-state index contributed by atoms with van der Waals surface area (Å²) in [6.07, 6.45) is 0.185. The average molecular weight is 313 g/mol. The molecular weight excluding hydrogens is 294 g/mol. The Hall–Kier alpha value is -2.82. The molecule has 0 spiro atoms. The minimum absolute atomic E-state index is 0.185. The van der Waals surface area contributed by atoms with E-state index < -0.39 is 17.4 Å². The molecule has 0 aliphatic heterocycles. The van der Waals surface area contributed by atoms with Crippen molar-refractivity contribution in [1.29, 1.82) is 0 Å². The number of ether oxygens (including phenoxy) is 1. The molecule has 5 heteroatoms. The average Bonchev–Trinajstić information content (AvgIpc) is 2.55. The fourth-order valence-corrected chi connectivity index (χ4v) is 2.33. The van der Waals surface area contributed by atoms with Crippen molar-refractivity contribution >= 4 is 11.9 Å². The first kappa shape index (κ1) is 16.5. The van der Waals surface area contributed by atoms with E-state index in [1.807, 2.05) is 30.3 Å². The van der Waals surface area contributed by atoms with Crippen LogP contribution >= 0.6 is 0 Å². The standard InChI is InChI=1S/C18H19NO4/c1-18(17(21)22,12-13-8-4-3-5-9-13)19-16(20)14-10-6-7-11-15(14)23-2/h3-11H,12H2,1-2H3,(H,19,20)(H,21,22)/t18-/m1/s1. The first-order chi connectivity index (χ1) is 11.0. The van der Waals surface area contributed by atoms with Crippen LogP contribution in [0.1, 0.15) is 22.8 Å². The summed E-state index contributed by atoms with van der Waals surface area (Å²) in [5, 5.41) is 12.2. The molecule has 2 aromatic rings. The van der Waals surface area contributed by atoms with Crippen molar-refractivity contribution in [2.75, 3.05) is 7.11 Å². The van der Waals surface area contributed by atoms with E-state index in [9.17, 15) is 14.7 Å². The molecule has 0 heterocycles. The minimum atomic E-state index is -1.42. The molecule has 0 unspecified atom stereocenters. The van der Waals surface area contributed by atoms with E-state index in [1.54, 1.807) is 24.3 Å². The molecule has 2 aromatic carbocycles. The highest BCUT2D eigenvalue weighted by Gasteiger charge is 2.35. The number of carbonyl (C=O) groups is 2. The number of carboxylic acid groups (broad SMARTS) is 1. The van der Waals surface area contributed by atoms with Gasteiger partial charge in [-0.1, -0.05) is 42.5 Å². The maximum Gasteiger partial charge on any atom is 0.329 e. The fraction of sp³-hybridized carbons (Fsp3) is 0.222. The second-order valence-corrected chi connectivity index (χ2v) is 5.45. The lowest BCUT2D eigenvalue weighted by molar-refractivity contribution is -0.143. The predicted molar refractivity (Wildman–Crippen MR) is 86.6 cm³/mol. The van der Waals surface area contributed by atoms with E-state index in [-0.39, 0.29) is 6.42 Å². The number of rotatable bonds is 6. The molecule has 0 saturated heterocycles. The molecule has 0 aromatic heterocycles. The zero-order valence-electron chi connectivity index (χ0n) is 13.1. The molecular formula is C18H19NO4. The van der Waals surface area contributed by atoms with Crippen LogP contribution in [0.25, 0.3) is 0 Å². The molecule has 0 bridgehead atoms. The molecule has 0 saturated carbocycles. The van der Waals surface area contributed by atoms with Gasteiger partial charge in [0.25, 0.3) is 5.91 Å². The number of hydrogen-bond acceptors (Lipinski definition) is 3. The number of para-hydroxylation sites is 1. The number of carbonyl (C=O) groups excluding carboxylic acids is 1. The monoisotopic (exact) mass is 313 g/mol. The first-order valence-electron chi connectivity index (χ1n) is 7.19. The van der Waals surface area contributed by atoms with E-state index in [4.69, 9.17) is 4.74 Å². The van der Waals surface area contributed by atoms with Gasteiger partial charge in [-0.2, -0.15) is 0 Å². The third-order valence-corrected chi connectivity index (χ3v) is 3.61. The highest BCUT2D eigenvalue weighted by atomic mass is 16.5. The van der Waals surface area contributed by atoms with Crippen molar-refractivity contribution in [3.8, 4) is 5.75 Å². The Morgan fingerprint density at radius 1 is 1.09 bits per heavy atom. The molecule has 1 atom stereocenters. The third-order valence-electron chi connectivity index (χ3n) is 3.61. The summed E-state index contributed by atoms with van der Waals surface area (Å²) in [6, 6.07) is 15.9. The van der Waals surface area contributed by atoms with E-state index in [1.165, 1.54) is 14.0 Å². The number of carboxylic acids is 1. The van der Waals surface area contributed by atoms with Crippen molar-refractivity contribution in [3.63, 3.8) is 0 Å². The molecule has 0 fully saturated rings. The van der Waals surface area contributed by atoms with Gasteiger partial charge in [0.2, 0.25) is 0 Å². The first-order valence-corrected chi connectivity index (χ1v) is 7.19. The van der Waals surface area contributed by atoms with Crippen LogP contribution in [0.5, 0.6) is 5.75 Å². The Bertz CT molecular complexity index is 699. The topological polar surface area (TPSA) is 75.6 Å². The number of hydrogen-bond donors (Lipinski definition) is 2. The number of methoxy groups -OCH3 is 1. The molecule has 2 rings (SSSR count). The summed E-state index contributed by atoms with van der Waals surface area (Å²) in [6.45, 7) is 1.50. The summed E-state index contributed by atoms with van der Waals surface area (Å²) >= 11 is 0. The largest absolute Gasteiger partial charge is 0.496 e. The van der Waals surface area contributed by atoms with E-state index in [2.05, 4.69) is 5.32 Å². The van der Waals surface area contributed by atoms with Crippen LogP contribution in [0.3, 0.4) is 0 Å². The van der Waals surface area contributed by atoms with Gasteiger partial charge in [-0.25, -0.2) is 4.79 Å². The van der Waals surface area contributed by atoms with Gasteiger partial charge in [0.1, 0.15) is 11.3 Å². The number of amides is 1. The van der Waals surface area contributed by atoms with E-state index in [0.29, 0.717) is 11.3 Å². The van der Waals surface area contributed by atoms with Crippen LogP contribution in [-0.4, -0.2) is 29.6 Å². The molecule has 2 N–H and O–H groups in total. The highest BCUT2D eigenvalue weighted by molar-refractivity contribution is 6.00. The Kier molecular flexibility index (Phi) is 5.01. The van der Waals surface area contributed by atoms with Gasteiger partial charge in [-0.15, -0.1) is 0 Å². The highest BCUT2D eigenvalue weighted by Crippen LogP contribution is 2.20. The van der Waals surface area contributed by atoms with Crippen LogP contribution in [0.2, 0.25) is 0 Å². The lowest BCUT2D eigenvalue weighted by atomic mass is 9.92. The number of nitrogens with one attached hydrogen (secondary N) is 1. The fourth-order valence-electron chi connectivity index (χ4n) is 2.33. The SMILES string of the molecule is COc1ccccc1C(=O)N[C@](C)(Cc1ccccc1)C(=O)O. The molecule has 0 aliphatic carbocycles. The summed E-state index contributed by atoms with van der Waals surface area (Å²) in [5.41, 5.74) is -0.285. The molecule has 23 heavy (non-hydrogen) atoms. The number of benzene rings is 2. The van der Waals surface area contributed by atoms with Gasteiger partial charge < -0.3 is 15.2 Å². The van der Waals surface area contributed by atoms with Crippen molar-refractivity contribution < 1.29 is 19.4 Å². The van der Waals surface area contributed by atoms with Gasteiger partial charge in [0, 0.05) is 6.42 Å². The Balaban J connectivity index is 2.25. The Labute approximate surface area is 134 Å². The maximum atomic E-state index is 12.5. The van der Waals surface area contributed by atoms with Crippen LogP contribution in [0, 0.1) is 0 Å². The Morgan fingerprint density at radius 2 is 1.70 bits per heavy atom. The third kappa shape index (κ3) is 3.88. The molecule has 0 aliphatic rings. The molecule has 0 radical (unpaired) electrons. The Morgan fingerprint density at radius 3 is 2.30 bits per heavy atom. The summed E-state index contributed by atoms with van der Waals surface area (Å²) in [4.78, 5) is 24.2. The summed E-state index contributed by atoms with van der Waals surface area (Å²) in [7, 11) is 1.46. The smallest absolute Gasteiger partial charge is 0.329 e. The quantitative estimate of drug-likeness (QED) is 0.859. The second kappa shape index (κ2) is 6.96. The zero-order chi connectivity index (χ0) is 16.9. The number of aliphatic carboxylic acids is 1. The van der Waals surface area contributed by atoms with Crippen LogP contribution < -0.4 is 10.1 Å². The predicted octanol–water partition coefficient (Wildman–Crippen LogP) is 2.51. The molecule has 120 valence electrons. The van der Waals surface area contributed by atoms with E-state index in [0.717, 1.165) is 5.56 Å². The van der Waals surface area contributed by atoms with Gasteiger partial charge in [-0.05, 0) is 24.6 Å². The van der Waals surface area contributed by atoms with Crippen molar-refractivity contribution in [1.82, 2.24) is 5.32 Å². The maximum absolute atomic E-state index is 12.5. The van der Waals surface area contributed by atoms with E-state index >= 15 is 0 Å². The van der Waals surface area contributed by atoms with Crippen LogP contribution in [0.15, 0.2) is 54.6 Å². The van der Waals surface area contributed by atoms with Gasteiger partial charge >= 0.3 is 5.97 Å². The van der Waals surface area contributed by atoms with Crippen LogP contribution in [0.4, 0.5) is 0 Å². The zero-order valence-corrected chi connectivity index (χ0v) is 13.1. The van der Waals surface area contributed by atoms with Crippen molar-refractivity contribution in [3.05, 3.63) is 65.7 Å². The lowest BCUT2D eigenvalue weighted by Crippen LogP contribution is -2.53. The van der Waals surface area contributed by atoms with Crippen molar-refractivity contribution in [2.24, 2.45) is 0 Å². The summed E-state index contributed by atoms with van der Waals surface area (Å²) < 4.78 is 5.15. The van der Waals surface area contributed by atoms with Gasteiger partial charge in [0.15, 0.2) is 0 Å². The van der Waals surface area contributed by atoms with Crippen molar-refractivity contribution in [2.45, 2.75) is 18.9 Å². The normalized spacial score (nSPS) is 13.0.